The Labute approximate surface area is 185 Å². The summed E-state index contributed by atoms with van der Waals surface area (Å²) in [5.74, 6) is -0.0748. The molecule has 0 fully saturated rings. The van der Waals surface area contributed by atoms with E-state index < -0.39 is 6.04 Å². The van der Waals surface area contributed by atoms with Crippen LogP contribution in [0.25, 0.3) is 0 Å². The van der Waals surface area contributed by atoms with Crippen molar-refractivity contribution in [2.45, 2.75) is 59.9 Å². The number of allylic oxidation sites excluding steroid dienone is 1. The summed E-state index contributed by atoms with van der Waals surface area (Å²) < 4.78 is 5.54. The lowest BCUT2D eigenvalue weighted by atomic mass is 9.94. The van der Waals surface area contributed by atoms with Crippen LogP contribution in [-0.4, -0.2) is 35.0 Å². The fraction of sp³-hybridized carbons (Fsp3) is 0.522. The number of ether oxygens (including phenoxy) is 1. The second-order valence-corrected chi connectivity index (χ2v) is 8.28. The fourth-order valence-corrected chi connectivity index (χ4v) is 3.70. The number of rotatable bonds is 9. The summed E-state index contributed by atoms with van der Waals surface area (Å²) in [6, 6.07) is 7.11. The van der Waals surface area contributed by atoms with Crippen molar-refractivity contribution in [1.82, 2.24) is 10.2 Å². The molecule has 0 bridgehead atoms. The summed E-state index contributed by atoms with van der Waals surface area (Å²) in [6.45, 7) is 11.0. The van der Waals surface area contributed by atoms with Crippen LogP contribution >= 0.6 is 12.2 Å². The van der Waals surface area contributed by atoms with Gasteiger partial charge in [-0.25, -0.2) is 4.79 Å². The predicted molar refractivity (Wildman–Crippen MR) is 124 cm³/mol. The average molecular weight is 432 g/mol. The molecule has 0 saturated heterocycles. The number of hydrogen-bond acceptors (Lipinski definition) is 4. The van der Waals surface area contributed by atoms with Gasteiger partial charge in [0, 0.05) is 24.4 Å². The van der Waals surface area contributed by atoms with E-state index in [1.807, 2.05) is 56.9 Å². The molecule has 2 rings (SSSR count). The molecule has 0 radical (unpaired) electrons. The number of carbonyl (C=O) groups excluding carboxylic acids is 2. The van der Waals surface area contributed by atoms with Crippen LogP contribution < -0.4 is 10.6 Å². The quantitative estimate of drug-likeness (QED) is 0.442. The maximum Gasteiger partial charge on any atom is 0.338 e. The molecule has 1 aromatic carbocycles. The molecule has 1 aliphatic heterocycles. The summed E-state index contributed by atoms with van der Waals surface area (Å²) in [7, 11) is 0. The number of hydrogen-bond donors (Lipinski definition) is 2. The van der Waals surface area contributed by atoms with Gasteiger partial charge >= 0.3 is 5.97 Å². The Hall–Kier alpha value is -2.41. The molecule has 1 unspecified atom stereocenters. The van der Waals surface area contributed by atoms with Gasteiger partial charge in [0.15, 0.2) is 5.11 Å². The Balaban J connectivity index is 2.28. The molecule has 7 heteroatoms. The molecule has 1 amide bonds. The summed E-state index contributed by atoms with van der Waals surface area (Å²) in [5, 5.41) is 6.77. The number of thiocarbonyl (C=S) groups is 1. The van der Waals surface area contributed by atoms with Crippen molar-refractivity contribution in [3.8, 4) is 0 Å². The molecule has 164 valence electrons. The number of amides is 1. The van der Waals surface area contributed by atoms with Crippen LogP contribution in [0.15, 0.2) is 35.5 Å². The van der Waals surface area contributed by atoms with Gasteiger partial charge in [0.1, 0.15) is 0 Å². The first kappa shape index (κ1) is 23.9. The van der Waals surface area contributed by atoms with Crippen LogP contribution in [-0.2, 0) is 14.3 Å². The van der Waals surface area contributed by atoms with Gasteiger partial charge in [-0.1, -0.05) is 39.3 Å². The van der Waals surface area contributed by atoms with E-state index in [-0.39, 0.29) is 17.8 Å². The van der Waals surface area contributed by atoms with Crippen LogP contribution in [0.5, 0.6) is 0 Å². The van der Waals surface area contributed by atoms with Crippen LogP contribution in [0, 0.1) is 5.92 Å². The highest BCUT2D eigenvalue weighted by Gasteiger charge is 2.34. The van der Waals surface area contributed by atoms with Gasteiger partial charge in [0.2, 0.25) is 5.91 Å². The first-order valence-electron chi connectivity index (χ1n) is 10.6. The third-order valence-corrected chi connectivity index (χ3v) is 5.30. The van der Waals surface area contributed by atoms with Crippen LogP contribution in [0.1, 0.15) is 65.5 Å². The minimum atomic E-state index is -0.398. The highest BCUT2D eigenvalue weighted by atomic mass is 32.1. The molecule has 6 nitrogen and oxygen atoms in total. The Kier molecular flexibility index (Phi) is 8.84. The Morgan fingerprint density at radius 3 is 2.47 bits per heavy atom. The van der Waals surface area contributed by atoms with E-state index in [1.54, 1.807) is 0 Å². The first-order valence-corrected chi connectivity index (χ1v) is 11.0. The Morgan fingerprint density at radius 1 is 1.23 bits per heavy atom. The van der Waals surface area contributed by atoms with Gasteiger partial charge in [0.05, 0.1) is 18.2 Å². The van der Waals surface area contributed by atoms with Crippen molar-refractivity contribution in [3.63, 3.8) is 0 Å². The number of nitrogens with one attached hydrogen (secondary N) is 2. The van der Waals surface area contributed by atoms with Gasteiger partial charge in [-0.05, 0) is 56.1 Å². The summed E-state index contributed by atoms with van der Waals surface area (Å²) >= 11 is 5.52. The Bertz CT molecular complexity index is 802. The number of unbranched alkanes of at least 4 members (excludes halogenated alkanes) is 1. The molecule has 0 aromatic heterocycles. The van der Waals surface area contributed by atoms with Gasteiger partial charge < -0.3 is 20.3 Å². The average Bonchev–Trinajstić information content (AvgIpc) is 2.71. The first-order chi connectivity index (χ1) is 14.3. The zero-order chi connectivity index (χ0) is 22.3. The molecule has 1 atom stereocenters. The highest BCUT2D eigenvalue weighted by Crippen LogP contribution is 2.32. The monoisotopic (exact) mass is 431 g/mol. The lowest BCUT2D eigenvalue weighted by Crippen LogP contribution is -2.47. The lowest BCUT2D eigenvalue weighted by molar-refractivity contribution is -0.140. The largest absolute Gasteiger partial charge is 0.462 e. The second-order valence-electron chi connectivity index (χ2n) is 7.89. The number of carbonyl (C=O) groups is 2. The summed E-state index contributed by atoms with van der Waals surface area (Å²) in [5.41, 5.74) is 2.98. The smallest absolute Gasteiger partial charge is 0.338 e. The van der Waals surface area contributed by atoms with Crippen LogP contribution in [0.4, 0.5) is 5.69 Å². The van der Waals surface area contributed by atoms with E-state index in [9.17, 15) is 9.59 Å². The molecular weight excluding hydrogens is 398 g/mol. The van der Waals surface area contributed by atoms with E-state index in [2.05, 4.69) is 17.6 Å². The van der Waals surface area contributed by atoms with E-state index >= 15 is 0 Å². The van der Waals surface area contributed by atoms with Crippen molar-refractivity contribution >= 4 is 34.9 Å². The molecule has 2 N–H and O–H groups in total. The van der Waals surface area contributed by atoms with E-state index in [0.717, 1.165) is 29.8 Å². The van der Waals surface area contributed by atoms with Crippen molar-refractivity contribution in [1.29, 1.82) is 0 Å². The molecule has 1 aliphatic rings. The molecular formula is C23H33N3O3S. The molecule has 0 spiro atoms. The minimum absolute atomic E-state index is 0.00819. The third-order valence-electron chi connectivity index (χ3n) is 4.97. The molecule has 30 heavy (non-hydrogen) atoms. The maximum atomic E-state index is 12.9. The fourth-order valence-electron chi connectivity index (χ4n) is 3.32. The van der Waals surface area contributed by atoms with Gasteiger partial charge in [-0.2, -0.15) is 0 Å². The number of nitrogens with zero attached hydrogens (tertiary/aromatic N) is 1. The lowest BCUT2D eigenvalue weighted by Gasteiger charge is -2.37. The summed E-state index contributed by atoms with van der Waals surface area (Å²) in [6.07, 6.45) is 2.36. The SMILES string of the molecule is CCCCC(=O)Nc1ccc(C2NC(=S)N(CC)C(C)=C2C(=O)OCC(C)C)cc1. The van der Waals surface area contributed by atoms with E-state index in [4.69, 9.17) is 17.0 Å². The van der Waals surface area contributed by atoms with Crippen molar-refractivity contribution in [2.24, 2.45) is 5.92 Å². The van der Waals surface area contributed by atoms with Crippen molar-refractivity contribution < 1.29 is 14.3 Å². The maximum absolute atomic E-state index is 12.9. The van der Waals surface area contributed by atoms with Gasteiger partial charge in [0.25, 0.3) is 0 Å². The third kappa shape index (κ3) is 6.05. The molecule has 0 saturated carbocycles. The summed E-state index contributed by atoms with van der Waals surface area (Å²) in [4.78, 5) is 26.8. The standard InChI is InChI=1S/C23H33N3O3S/c1-6-8-9-19(27)24-18-12-10-17(11-13-18)21-20(22(28)29-14-15(3)4)16(5)26(7-2)23(30)25-21/h10-13,15,21H,6-9,14H2,1-5H3,(H,24,27)(H,25,30). The zero-order valence-corrected chi connectivity index (χ0v) is 19.4. The Morgan fingerprint density at radius 2 is 1.90 bits per heavy atom. The predicted octanol–water partition coefficient (Wildman–Crippen LogP) is 4.54. The van der Waals surface area contributed by atoms with E-state index in [0.29, 0.717) is 30.3 Å². The van der Waals surface area contributed by atoms with Crippen LogP contribution in [0.2, 0.25) is 0 Å². The number of anilines is 1. The van der Waals surface area contributed by atoms with Crippen LogP contribution in [0.3, 0.4) is 0 Å². The molecule has 1 heterocycles. The van der Waals surface area contributed by atoms with E-state index in [1.165, 1.54) is 0 Å². The normalized spacial score (nSPS) is 16.5. The molecule has 1 aromatic rings. The second kappa shape index (κ2) is 11.1. The topological polar surface area (TPSA) is 70.7 Å². The number of esters is 1. The number of benzene rings is 1. The van der Waals surface area contributed by atoms with Gasteiger partial charge in [-0.15, -0.1) is 0 Å². The minimum Gasteiger partial charge on any atom is -0.462 e. The highest BCUT2D eigenvalue weighted by molar-refractivity contribution is 7.80. The molecule has 0 aliphatic carbocycles. The van der Waals surface area contributed by atoms with Gasteiger partial charge in [-0.3, -0.25) is 4.79 Å². The van der Waals surface area contributed by atoms with Crippen molar-refractivity contribution in [2.75, 3.05) is 18.5 Å². The van der Waals surface area contributed by atoms with Crippen molar-refractivity contribution in [3.05, 3.63) is 41.1 Å². The zero-order valence-electron chi connectivity index (χ0n) is 18.6.